The highest BCUT2D eigenvalue weighted by molar-refractivity contribution is 7.87. The smallest absolute Gasteiger partial charge is 0.310 e. The van der Waals surface area contributed by atoms with Crippen molar-refractivity contribution in [1.82, 2.24) is 14.3 Å². The van der Waals surface area contributed by atoms with Crippen LogP contribution in [0, 0.1) is 5.92 Å². The molecule has 2 fully saturated rings. The largest absolute Gasteiger partial charge is 0.466 e. The molecule has 0 radical (unpaired) electrons. The maximum Gasteiger partial charge on any atom is 0.310 e. The van der Waals surface area contributed by atoms with Gasteiger partial charge in [-0.05, 0) is 45.7 Å². The first-order valence-electron chi connectivity index (χ1n) is 7.67. The van der Waals surface area contributed by atoms with E-state index in [0.29, 0.717) is 26.0 Å². The maximum atomic E-state index is 12.4. The summed E-state index contributed by atoms with van der Waals surface area (Å²) >= 11 is 0. The highest BCUT2D eigenvalue weighted by Crippen LogP contribution is 2.20. The Balaban J connectivity index is 1.93. The Morgan fingerprint density at radius 2 is 2.05 bits per heavy atom. The van der Waals surface area contributed by atoms with E-state index in [4.69, 9.17) is 4.74 Å². The Morgan fingerprint density at radius 3 is 2.71 bits per heavy atom. The third kappa shape index (κ3) is 4.64. The van der Waals surface area contributed by atoms with E-state index >= 15 is 0 Å². The van der Waals surface area contributed by atoms with Crippen molar-refractivity contribution < 1.29 is 17.9 Å². The van der Waals surface area contributed by atoms with Gasteiger partial charge in [0.1, 0.15) is 0 Å². The standard InChI is InChI=1S/C13H25N3O4S/c1-2-20-13(17)11-4-3-9-16(10-11)21(18,19)15-12-5-7-14-8-6-12/h11-12,14-15H,2-10H2,1H3. The monoisotopic (exact) mass is 319 g/mol. The zero-order chi connectivity index (χ0) is 15.3. The predicted molar refractivity (Wildman–Crippen MR) is 78.9 cm³/mol. The van der Waals surface area contributed by atoms with Gasteiger partial charge >= 0.3 is 5.97 Å². The summed E-state index contributed by atoms with van der Waals surface area (Å²) < 4.78 is 34.0. The second-order valence-corrected chi connectivity index (χ2v) is 7.30. The van der Waals surface area contributed by atoms with Crippen LogP contribution in [0.1, 0.15) is 32.6 Å². The zero-order valence-electron chi connectivity index (χ0n) is 12.5. The third-order valence-corrected chi connectivity index (χ3v) is 5.64. The average Bonchev–Trinajstić information content (AvgIpc) is 2.48. The minimum Gasteiger partial charge on any atom is -0.466 e. The number of rotatable bonds is 5. The van der Waals surface area contributed by atoms with Crippen molar-refractivity contribution in [3.05, 3.63) is 0 Å². The van der Waals surface area contributed by atoms with Crippen LogP contribution >= 0.6 is 0 Å². The first-order valence-corrected chi connectivity index (χ1v) is 9.11. The Bertz CT molecular complexity index is 448. The molecule has 0 saturated carbocycles. The lowest BCUT2D eigenvalue weighted by atomic mass is 10.0. The summed E-state index contributed by atoms with van der Waals surface area (Å²) in [5, 5.41) is 3.21. The van der Waals surface area contributed by atoms with Gasteiger partial charge in [0.25, 0.3) is 10.2 Å². The van der Waals surface area contributed by atoms with Gasteiger partial charge in [-0.15, -0.1) is 0 Å². The lowest BCUT2D eigenvalue weighted by Gasteiger charge is -2.33. The summed E-state index contributed by atoms with van der Waals surface area (Å²) in [6.07, 6.45) is 2.98. The van der Waals surface area contributed by atoms with Gasteiger partial charge in [0.2, 0.25) is 0 Å². The van der Waals surface area contributed by atoms with Gasteiger partial charge < -0.3 is 10.1 Å². The first-order chi connectivity index (χ1) is 10.0. The van der Waals surface area contributed by atoms with Crippen LogP contribution in [0.5, 0.6) is 0 Å². The van der Waals surface area contributed by atoms with Crippen LogP contribution in [-0.4, -0.2) is 57.5 Å². The second-order valence-electron chi connectivity index (χ2n) is 5.60. The maximum absolute atomic E-state index is 12.4. The van der Waals surface area contributed by atoms with Crippen LogP contribution in [0.4, 0.5) is 0 Å². The molecule has 8 heteroatoms. The summed E-state index contributed by atoms with van der Waals surface area (Å²) in [6, 6.07) is -0.0146. The Hall–Kier alpha value is -0.700. The molecule has 0 spiro atoms. The number of carbonyl (C=O) groups excluding carboxylic acids is 1. The van der Waals surface area contributed by atoms with Gasteiger partial charge in [-0.1, -0.05) is 0 Å². The Kier molecular flexibility index (Phi) is 5.98. The van der Waals surface area contributed by atoms with Gasteiger partial charge in [0, 0.05) is 19.1 Å². The molecule has 0 aromatic rings. The molecule has 21 heavy (non-hydrogen) atoms. The molecule has 0 aromatic carbocycles. The fraction of sp³-hybridized carbons (Fsp3) is 0.923. The fourth-order valence-corrected chi connectivity index (χ4v) is 4.39. The molecule has 1 unspecified atom stereocenters. The molecule has 0 aromatic heterocycles. The minimum absolute atomic E-state index is 0.0146. The summed E-state index contributed by atoms with van der Waals surface area (Å²) in [4.78, 5) is 11.8. The summed E-state index contributed by atoms with van der Waals surface area (Å²) in [6.45, 7) is 4.44. The number of nitrogens with zero attached hydrogens (tertiary/aromatic N) is 1. The summed E-state index contributed by atoms with van der Waals surface area (Å²) in [5.41, 5.74) is 0. The second kappa shape index (κ2) is 7.53. The Morgan fingerprint density at radius 1 is 1.33 bits per heavy atom. The van der Waals surface area contributed by atoms with Crippen molar-refractivity contribution in [3.8, 4) is 0 Å². The highest BCUT2D eigenvalue weighted by atomic mass is 32.2. The van der Waals surface area contributed by atoms with E-state index in [2.05, 4.69) is 10.0 Å². The quantitative estimate of drug-likeness (QED) is 0.688. The molecule has 0 bridgehead atoms. The highest BCUT2D eigenvalue weighted by Gasteiger charge is 2.34. The topological polar surface area (TPSA) is 87.7 Å². The van der Waals surface area contributed by atoms with Gasteiger partial charge in [0.05, 0.1) is 12.5 Å². The van der Waals surface area contributed by atoms with Crippen molar-refractivity contribution in [2.75, 3.05) is 32.8 Å². The SMILES string of the molecule is CCOC(=O)C1CCCN(S(=O)(=O)NC2CCNCC2)C1. The number of carbonyl (C=O) groups is 1. The van der Waals surface area contributed by atoms with Crippen LogP contribution in [-0.2, 0) is 19.7 Å². The molecule has 0 amide bonds. The van der Waals surface area contributed by atoms with Crippen LogP contribution in [0.2, 0.25) is 0 Å². The van der Waals surface area contributed by atoms with Crippen LogP contribution in [0.25, 0.3) is 0 Å². The molecule has 2 saturated heterocycles. The molecule has 2 aliphatic heterocycles. The first kappa shape index (κ1) is 16.7. The van der Waals surface area contributed by atoms with E-state index in [1.165, 1.54) is 4.31 Å². The predicted octanol–water partition coefficient (Wildman–Crippen LogP) is -0.152. The van der Waals surface area contributed by atoms with Crippen LogP contribution in [0.3, 0.4) is 0 Å². The molecular weight excluding hydrogens is 294 g/mol. The van der Waals surface area contributed by atoms with Crippen molar-refractivity contribution >= 4 is 16.2 Å². The number of hydrogen-bond acceptors (Lipinski definition) is 5. The van der Waals surface area contributed by atoms with E-state index in [1.54, 1.807) is 6.92 Å². The number of ether oxygens (including phenoxy) is 1. The minimum atomic E-state index is -3.52. The van der Waals surface area contributed by atoms with Gasteiger partial charge in [-0.3, -0.25) is 4.79 Å². The third-order valence-electron chi connectivity index (χ3n) is 4.00. The van der Waals surface area contributed by atoms with Crippen LogP contribution < -0.4 is 10.0 Å². The van der Waals surface area contributed by atoms with E-state index in [1.807, 2.05) is 0 Å². The fourth-order valence-electron chi connectivity index (χ4n) is 2.84. The Labute approximate surface area is 126 Å². The van der Waals surface area contributed by atoms with E-state index in [-0.39, 0.29) is 24.5 Å². The van der Waals surface area contributed by atoms with Crippen molar-refractivity contribution in [3.63, 3.8) is 0 Å². The van der Waals surface area contributed by atoms with Gasteiger partial charge in [0.15, 0.2) is 0 Å². The van der Waals surface area contributed by atoms with Gasteiger partial charge in [-0.25, -0.2) is 0 Å². The lowest BCUT2D eigenvalue weighted by Crippen LogP contribution is -2.52. The number of hydrogen-bond donors (Lipinski definition) is 2. The lowest BCUT2D eigenvalue weighted by molar-refractivity contribution is -0.149. The molecule has 122 valence electrons. The van der Waals surface area contributed by atoms with Crippen molar-refractivity contribution in [1.29, 1.82) is 0 Å². The molecule has 1 atom stereocenters. The van der Waals surface area contributed by atoms with E-state index < -0.39 is 10.2 Å². The number of esters is 1. The number of piperidine rings is 2. The summed E-state index contributed by atoms with van der Waals surface area (Å²) in [7, 11) is -3.52. The zero-order valence-corrected chi connectivity index (χ0v) is 13.3. The van der Waals surface area contributed by atoms with Crippen molar-refractivity contribution in [2.24, 2.45) is 5.92 Å². The van der Waals surface area contributed by atoms with Crippen LogP contribution in [0.15, 0.2) is 0 Å². The molecular formula is C13H25N3O4S. The number of nitrogens with one attached hydrogen (secondary N) is 2. The summed E-state index contributed by atoms with van der Waals surface area (Å²) in [5.74, 6) is -0.637. The molecule has 2 aliphatic rings. The normalized spacial score (nSPS) is 25.7. The van der Waals surface area contributed by atoms with E-state index in [9.17, 15) is 13.2 Å². The van der Waals surface area contributed by atoms with Crippen molar-refractivity contribution in [2.45, 2.75) is 38.6 Å². The molecule has 0 aliphatic carbocycles. The van der Waals surface area contributed by atoms with E-state index in [0.717, 1.165) is 25.9 Å². The molecule has 7 nitrogen and oxygen atoms in total. The van der Waals surface area contributed by atoms with Gasteiger partial charge in [-0.2, -0.15) is 17.4 Å². The molecule has 2 heterocycles. The molecule has 2 rings (SSSR count). The molecule has 2 N–H and O–H groups in total. The average molecular weight is 319 g/mol.